The second-order valence-corrected chi connectivity index (χ2v) is 11.7. The van der Waals surface area contributed by atoms with Gasteiger partial charge in [0.25, 0.3) is 0 Å². The predicted octanol–water partition coefficient (Wildman–Crippen LogP) is 6.67. The van der Waals surface area contributed by atoms with Crippen molar-refractivity contribution in [3.05, 3.63) is 0 Å². The molecule has 4 rings (SSSR count). The van der Waals surface area contributed by atoms with Crippen LogP contribution in [0.3, 0.4) is 0 Å². The molecular weight excluding hydrogens is 314 g/mol. The van der Waals surface area contributed by atoms with Crippen molar-refractivity contribution < 1.29 is 0 Å². The molecule has 1 saturated heterocycles. The maximum atomic E-state index is 3.86. The van der Waals surface area contributed by atoms with E-state index in [1.807, 2.05) is 0 Å². The third-order valence-electron chi connectivity index (χ3n) is 10.1. The van der Waals surface area contributed by atoms with Crippen molar-refractivity contribution >= 4 is 0 Å². The molecule has 3 saturated carbocycles. The molecule has 3 aliphatic carbocycles. The van der Waals surface area contributed by atoms with Gasteiger partial charge in [0, 0.05) is 6.04 Å². The van der Waals surface area contributed by atoms with E-state index < -0.39 is 0 Å². The Bertz CT molecular complexity index is 498. The zero-order valence-electron chi connectivity index (χ0n) is 18.3. The van der Waals surface area contributed by atoms with Crippen molar-refractivity contribution in [3.8, 4) is 0 Å². The molecule has 0 spiro atoms. The van der Waals surface area contributed by atoms with Crippen LogP contribution in [0.15, 0.2) is 0 Å². The minimum absolute atomic E-state index is 0.616. The minimum Gasteiger partial charge on any atom is -0.313 e. The maximum absolute atomic E-state index is 3.86. The quantitative estimate of drug-likeness (QED) is 0.578. The fraction of sp³-hybridized carbons (Fsp3) is 1.00. The summed E-state index contributed by atoms with van der Waals surface area (Å²) in [6.45, 7) is 14.0. The lowest BCUT2D eigenvalue weighted by Gasteiger charge is -2.58. The first-order valence-electron chi connectivity index (χ1n) is 12.1. The normalized spacial score (nSPS) is 48.9. The lowest BCUT2D eigenvalue weighted by Crippen LogP contribution is -2.54. The fourth-order valence-electron chi connectivity index (χ4n) is 8.69. The third kappa shape index (κ3) is 2.99. The molecule has 0 aromatic rings. The van der Waals surface area contributed by atoms with Gasteiger partial charge in [-0.2, -0.15) is 0 Å². The topological polar surface area (TPSA) is 12.0 Å². The van der Waals surface area contributed by atoms with Crippen LogP contribution in [0.4, 0.5) is 0 Å². The summed E-state index contributed by atoms with van der Waals surface area (Å²) in [7, 11) is 0. The van der Waals surface area contributed by atoms with Gasteiger partial charge in [-0.15, -0.1) is 0 Å². The summed E-state index contributed by atoms with van der Waals surface area (Å²) in [6.07, 6.45) is 14.9. The summed E-state index contributed by atoms with van der Waals surface area (Å²) in [4.78, 5) is 0. The Hall–Kier alpha value is -0.0400. The summed E-state index contributed by atoms with van der Waals surface area (Å²) in [5.74, 6) is 5.93. The molecule has 26 heavy (non-hydrogen) atoms. The number of rotatable bonds is 5. The molecule has 0 aromatic carbocycles. The lowest BCUT2D eigenvalue weighted by atomic mass is 9.48. The molecule has 1 heterocycles. The van der Waals surface area contributed by atoms with Crippen LogP contribution in [0.5, 0.6) is 0 Å². The van der Waals surface area contributed by atoms with E-state index in [1.54, 1.807) is 6.42 Å². The van der Waals surface area contributed by atoms with Crippen LogP contribution in [0.1, 0.15) is 98.8 Å². The molecular formula is C25H45N. The Kier molecular flexibility index (Phi) is 5.26. The molecule has 4 aliphatic rings. The summed E-state index contributed by atoms with van der Waals surface area (Å²) in [5, 5.41) is 3.86. The zero-order valence-corrected chi connectivity index (χ0v) is 18.3. The van der Waals surface area contributed by atoms with Crippen LogP contribution in [0.2, 0.25) is 0 Å². The van der Waals surface area contributed by atoms with E-state index in [0.29, 0.717) is 10.8 Å². The van der Waals surface area contributed by atoms with Gasteiger partial charge >= 0.3 is 0 Å². The molecule has 4 fully saturated rings. The minimum atomic E-state index is 0.616. The van der Waals surface area contributed by atoms with Gasteiger partial charge in [0.15, 0.2) is 0 Å². The Balaban J connectivity index is 1.46. The van der Waals surface area contributed by atoms with Crippen LogP contribution in [0.25, 0.3) is 0 Å². The molecule has 1 heteroatoms. The Morgan fingerprint density at radius 1 is 0.846 bits per heavy atom. The van der Waals surface area contributed by atoms with E-state index in [4.69, 9.17) is 0 Å². The predicted molar refractivity (Wildman–Crippen MR) is 112 cm³/mol. The van der Waals surface area contributed by atoms with Gasteiger partial charge in [-0.05, 0) is 97.8 Å². The van der Waals surface area contributed by atoms with Crippen molar-refractivity contribution in [1.29, 1.82) is 0 Å². The third-order valence-corrected chi connectivity index (χ3v) is 10.1. The highest BCUT2D eigenvalue weighted by Gasteiger charge is 2.60. The number of nitrogens with one attached hydrogen (secondary N) is 1. The smallest absolute Gasteiger partial charge is 0.0124 e. The molecule has 0 unspecified atom stereocenters. The van der Waals surface area contributed by atoms with Crippen molar-refractivity contribution in [3.63, 3.8) is 0 Å². The molecule has 1 aliphatic heterocycles. The van der Waals surface area contributed by atoms with Gasteiger partial charge in [0.2, 0.25) is 0 Å². The van der Waals surface area contributed by atoms with Crippen LogP contribution in [0, 0.1) is 46.3 Å². The van der Waals surface area contributed by atoms with E-state index in [2.05, 4.69) is 39.9 Å². The van der Waals surface area contributed by atoms with Gasteiger partial charge < -0.3 is 5.32 Å². The van der Waals surface area contributed by atoms with Gasteiger partial charge in [-0.1, -0.05) is 53.9 Å². The highest BCUT2D eigenvalue weighted by Crippen LogP contribution is 2.66. The van der Waals surface area contributed by atoms with Crippen molar-refractivity contribution in [2.45, 2.75) is 105 Å². The monoisotopic (exact) mass is 359 g/mol. The molecule has 1 nitrogen and oxygen atoms in total. The van der Waals surface area contributed by atoms with Crippen molar-refractivity contribution in [2.24, 2.45) is 46.3 Å². The first kappa shape index (κ1) is 19.3. The van der Waals surface area contributed by atoms with Crippen LogP contribution >= 0.6 is 0 Å². The van der Waals surface area contributed by atoms with E-state index in [0.717, 1.165) is 41.5 Å². The van der Waals surface area contributed by atoms with E-state index in [1.165, 1.54) is 64.3 Å². The van der Waals surface area contributed by atoms with Crippen LogP contribution in [-0.4, -0.2) is 12.6 Å². The molecule has 0 aromatic heterocycles. The molecule has 150 valence electrons. The van der Waals surface area contributed by atoms with E-state index in [9.17, 15) is 0 Å². The standard InChI is InChI=1S/C25H45N/c1-17(2)7-6-8-18(3)20-10-11-21-19-9-12-23-25(5,15-16-26-23)22(19)13-14-24(20,21)4/h17-23,26H,6-16H2,1-5H3/t18-,19-,20+,21+,22-,23-,24-,25-/m1/s1. The fourth-order valence-corrected chi connectivity index (χ4v) is 8.69. The second-order valence-electron chi connectivity index (χ2n) is 11.7. The highest BCUT2D eigenvalue weighted by molar-refractivity contribution is 5.11. The maximum Gasteiger partial charge on any atom is 0.0124 e. The van der Waals surface area contributed by atoms with Crippen molar-refractivity contribution in [1.82, 2.24) is 5.32 Å². The summed E-state index contributed by atoms with van der Waals surface area (Å²) in [6, 6.07) is 0.834. The molecule has 0 amide bonds. The Morgan fingerprint density at radius 3 is 2.38 bits per heavy atom. The highest BCUT2D eigenvalue weighted by atomic mass is 15.0. The zero-order chi connectivity index (χ0) is 18.5. The number of hydrogen-bond acceptors (Lipinski definition) is 1. The van der Waals surface area contributed by atoms with Gasteiger partial charge in [0.1, 0.15) is 0 Å². The SMILES string of the molecule is CC(C)CCC[C@@H](C)[C@@H]1CC[C@H]2[C@H]3CC[C@H]4NCC[C@]4(C)[C@@H]3CC[C@@]21C. The lowest BCUT2D eigenvalue weighted by molar-refractivity contribution is -0.0774. The van der Waals surface area contributed by atoms with Crippen LogP contribution < -0.4 is 5.32 Å². The molecule has 8 atom stereocenters. The summed E-state index contributed by atoms with van der Waals surface area (Å²) >= 11 is 0. The number of hydrogen-bond donors (Lipinski definition) is 1. The van der Waals surface area contributed by atoms with Crippen LogP contribution in [-0.2, 0) is 0 Å². The first-order valence-corrected chi connectivity index (χ1v) is 12.1. The summed E-state index contributed by atoms with van der Waals surface area (Å²) < 4.78 is 0. The molecule has 0 radical (unpaired) electrons. The summed E-state index contributed by atoms with van der Waals surface area (Å²) in [5.41, 5.74) is 1.28. The Morgan fingerprint density at radius 2 is 1.62 bits per heavy atom. The van der Waals surface area contributed by atoms with Gasteiger partial charge in [0.05, 0.1) is 0 Å². The van der Waals surface area contributed by atoms with Crippen molar-refractivity contribution in [2.75, 3.05) is 6.54 Å². The average Bonchev–Trinajstić information content (AvgIpc) is 3.13. The van der Waals surface area contributed by atoms with Gasteiger partial charge in [-0.25, -0.2) is 0 Å². The average molecular weight is 360 g/mol. The van der Waals surface area contributed by atoms with Gasteiger partial charge in [-0.3, -0.25) is 0 Å². The Labute approximate surface area is 163 Å². The first-order chi connectivity index (χ1) is 12.4. The second kappa shape index (κ2) is 7.09. The van der Waals surface area contributed by atoms with E-state index >= 15 is 0 Å². The largest absolute Gasteiger partial charge is 0.313 e. The molecule has 0 bridgehead atoms. The van der Waals surface area contributed by atoms with E-state index in [-0.39, 0.29) is 0 Å². The molecule has 1 N–H and O–H groups in total. The number of fused-ring (bicyclic) bond motifs is 5.